The van der Waals surface area contributed by atoms with Crippen molar-refractivity contribution in [3.05, 3.63) is 53.9 Å². The number of rotatable bonds is 5. The third-order valence-electron chi connectivity index (χ3n) is 6.18. The summed E-state index contributed by atoms with van der Waals surface area (Å²) < 4.78 is 15.5. The molecule has 176 valence electrons. The van der Waals surface area contributed by atoms with Crippen LogP contribution in [0.5, 0.6) is 0 Å². The number of aromatic nitrogens is 4. The first-order valence-corrected chi connectivity index (χ1v) is 12.2. The van der Waals surface area contributed by atoms with Crippen LogP contribution in [0.4, 0.5) is 15.1 Å². The number of imidazole rings is 1. The Hall–Kier alpha value is -3.53. The van der Waals surface area contributed by atoms with Gasteiger partial charge in [-0.25, -0.2) is 24.1 Å². The number of urea groups is 1. The van der Waals surface area contributed by atoms with E-state index in [-0.39, 0.29) is 17.9 Å². The number of nitrogens with zero attached hydrogens (tertiary/aromatic N) is 6. The van der Waals surface area contributed by atoms with Crippen LogP contribution in [0.2, 0.25) is 0 Å². The van der Waals surface area contributed by atoms with Crippen LogP contribution in [0, 0.1) is 5.82 Å². The van der Waals surface area contributed by atoms with Crippen molar-refractivity contribution in [3.63, 3.8) is 0 Å². The van der Waals surface area contributed by atoms with Crippen molar-refractivity contribution in [2.24, 2.45) is 0 Å². The maximum Gasteiger partial charge on any atom is 0.319 e. The molecule has 3 aromatic heterocycles. The molecule has 4 heterocycles. The van der Waals surface area contributed by atoms with E-state index in [2.05, 4.69) is 10.3 Å². The number of fused-ring (bicyclic) bond motifs is 1. The molecule has 1 N–H and O–H groups in total. The number of hydrogen-bond donors (Lipinski definition) is 1. The first kappa shape index (κ1) is 22.3. The molecule has 5 rings (SSSR count). The van der Waals surface area contributed by atoms with Gasteiger partial charge in [0.2, 0.25) is 5.95 Å². The fraction of sp³-hybridized carbons (Fsp3) is 0.333. The number of carbonyl (C=O) groups excluding carboxylic acids is 1. The molecule has 34 heavy (non-hydrogen) atoms. The van der Waals surface area contributed by atoms with Gasteiger partial charge in [0, 0.05) is 56.1 Å². The maximum absolute atomic E-state index is 13.5. The molecule has 0 radical (unpaired) electrons. The van der Waals surface area contributed by atoms with Crippen LogP contribution in [0.15, 0.2) is 48.1 Å². The predicted molar refractivity (Wildman–Crippen MR) is 131 cm³/mol. The largest absolute Gasteiger partial charge is 0.351 e. The van der Waals surface area contributed by atoms with Gasteiger partial charge in [0.25, 0.3) is 0 Å². The van der Waals surface area contributed by atoms with Crippen LogP contribution in [0.1, 0.15) is 19.8 Å². The van der Waals surface area contributed by atoms with E-state index < -0.39 is 0 Å². The van der Waals surface area contributed by atoms with Crippen LogP contribution < -0.4 is 5.32 Å². The Kier molecular flexibility index (Phi) is 6.14. The highest BCUT2D eigenvalue weighted by Crippen LogP contribution is 2.33. The fourth-order valence-electron chi connectivity index (χ4n) is 4.17. The lowest BCUT2D eigenvalue weighted by Gasteiger charge is -2.34. The summed E-state index contributed by atoms with van der Waals surface area (Å²) in [5.74, 6) is 0.261. The predicted octanol–water partition coefficient (Wildman–Crippen LogP) is 4.61. The summed E-state index contributed by atoms with van der Waals surface area (Å²) in [4.78, 5) is 30.9. The highest BCUT2D eigenvalue weighted by molar-refractivity contribution is 7.15. The molecule has 4 aromatic rings. The van der Waals surface area contributed by atoms with Gasteiger partial charge in [-0.1, -0.05) is 0 Å². The molecular weight excluding hydrogens is 453 g/mol. The molecule has 10 heteroatoms. The van der Waals surface area contributed by atoms with Gasteiger partial charge >= 0.3 is 6.03 Å². The van der Waals surface area contributed by atoms with Gasteiger partial charge in [-0.3, -0.25) is 4.40 Å². The van der Waals surface area contributed by atoms with Crippen molar-refractivity contribution < 1.29 is 9.18 Å². The Morgan fingerprint density at radius 2 is 1.97 bits per heavy atom. The zero-order valence-corrected chi connectivity index (χ0v) is 19.9. The van der Waals surface area contributed by atoms with Crippen molar-refractivity contribution >= 4 is 28.3 Å². The monoisotopic (exact) mass is 479 g/mol. The standard InChI is InChI=1S/C24H26FN7OS/c1-3-30(2)24(33)31-12-9-18(10-13-31)27-22-26-11-8-19(28-22)21-20(16-4-6-17(25)7-5-16)29-23-32(21)14-15-34-23/h4-8,11,14-15,18H,3,9-10,12-13H2,1-2H3,(H,26,27,28). The Morgan fingerprint density at radius 3 is 2.71 bits per heavy atom. The minimum Gasteiger partial charge on any atom is -0.351 e. The topological polar surface area (TPSA) is 78.7 Å². The summed E-state index contributed by atoms with van der Waals surface area (Å²) in [6.07, 6.45) is 5.36. The van der Waals surface area contributed by atoms with E-state index in [1.165, 1.54) is 23.5 Å². The number of benzene rings is 1. The van der Waals surface area contributed by atoms with E-state index in [9.17, 15) is 9.18 Å². The maximum atomic E-state index is 13.5. The van der Waals surface area contributed by atoms with Crippen LogP contribution in [0.25, 0.3) is 27.6 Å². The number of hydrogen-bond acceptors (Lipinski definition) is 6. The zero-order valence-electron chi connectivity index (χ0n) is 19.1. The number of likely N-dealkylation sites (tertiary alicyclic amines) is 1. The molecule has 2 amide bonds. The van der Waals surface area contributed by atoms with Crippen molar-refractivity contribution in [1.29, 1.82) is 0 Å². The zero-order chi connectivity index (χ0) is 23.7. The Balaban J connectivity index is 1.37. The molecular formula is C24H26FN7OS. The highest BCUT2D eigenvalue weighted by atomic mass is 32.1. The van der Waals surface area contributed by atoms with Crippen molar-refractivity contribution in [2.45, 2.75) is 25.8 Å². The van der Waals surface area contributed by atoms with Gasteiger partial charge in [-0.2, -0.15) is 0 Å². The number of carbonyl (C=O) groups is 1. The van der Waals surface area contributed by atoms with Crippen LogP contribution in [0.3, 0.4) is 0 Å². The minimum absolute atomic E-state index is 0.0769. The summed E-state index contributed by atoms with van der Waals surface area (Å²) >= 11 is 1.54. The molecule has 1 saturated heterocycles. The number of nitrogens with one attached hydrogen (secondary N) is 1. The Bertz CT molecular complexity index is 1290. The van der Waals surface area contributed by atoms with Crippen LogP contribution in [-0.2, 0) is 0 Å². The third-order valence-corrected chi connectivity index (χ3v) is 6.93. The molecule has 0 atom stereocenters. The van der Waals surface area contributed by atoms with Crippen molar-refractivity contribution in [1.82, 2.24) is 29.2 Å². The second kappa shape index (κ2) is 9.38. The number of halogens is 1. The molecule has 0 bridgehead atoms. The first-order valence-electron chi connectivity index (χ1n) is 11.3. The van der Waals surface area contributed by atoms with Gasteiger partial charge in [-0.15, -0.1) is 11.3 Å². The van der Waals surface area contributed by atoms with E-state index in [0.29, 0.717) is 25.6 Å². The second-order valence-electron chi connectivity index (χ2n) is 8.34. The number of thiazole rings is 1. The average molecular weight is 480 g/mol. The first-order chi connectivity index (χ1) is 16.5. The van der Waals surface area contributed by atoms with Gasteiger partial charge in [0.05, 0.1) is 11.4 Å². The number of amides is 2. The van der Waals surface area contributed by atoms with Gasteiger partial charge in [0.15, 0.2) is 4.96 Å². The van der Waals surface area contributed by atoms with Crippen molar-refractivity contribution in [3.8, 4) is 22.6 Å². The Labute approximate surface area is 201 Å². The summed E-state index contributed by atoms with van der Waals surface area (Å²) in [6.45, 7) is 4.08. The minimum atomic E-state index is -0.283. The lowest BCUT2D eigenvalue weighted by molar-refractivity contribution is 0.152. The molecule has 1 fully saturated rings. The smallest absolute Gasteiger partial charge is 0.319 e. The summed E-state index contributed by atoms with van der Waals surface area (Å²) in [7, 11) is 1.83. The van der Waals surface area contributed by atoms with Crippen molar-refractivity contribution in [2.75, 3.05) is 32.0 Å². The normalized spacial score (nSPS) is 14.5. The second-order valence-corrected chi connectivity index (χ2v) is 9.21. The number of anilines is 1. The van der Waals surface area contributed by atoms with Gasteiger partial charge < -0.3 is 15.1 Å². The molecule has 0 spiro atoms. The van der Waals surface area contributed by atoms with E-state index in [0.717, 1.165) is 40.4 Å². The average Bonchev–Trinajstić information content (AvgIpc) is 3.46. The summed E-state index contributed by atoms with van der Waals surface area (Å²) in [5, 5.41) is 5.42. The molecule has 1 aromatic carbocycles. The lowest BCUT2D eigenvalue weighted by Crippen LogP contribution is -2.47. The molecule has 0 unspecified atom stereocenters. The van der Waals surface area contributed by atoms with Crippen LogP contribution in [-0.4, -0.2) is 67.9 Å². The van der Waals surface area contributed by atoms with Gasteiger partial charge in [0.1, 0.15) is 11.5 Å². The SMILES string of the molecule is CCN(C)C(=O)N1CCC(Nc2nccc(-c3c(-c4ccc(F)cc4)nc4sccn34)n2)CC1. The quantitative estimate of drug-likeness (QED) is 0.452. The lowest BCUT2D eigenvalue weighted by atomic mass is 10.1. The van der Waals surface area contributed by atoms with E-state index in [4.69, 9.17) is 9.97 Å². The van der Waals surface area contributed by atoms with E-state index in [1.807, 2.05) is 40.9 Å². The molecule has 8 nitrogen and oxygen atoms in total. The summed E-state index contributed by atoms with van der Waals surface area (Å²) in [6, 6.07) is 8.47. The van der Waals surface area contributed by atoms with E-state index >= 15 is 0 Å². The van der Waals surface area contributed by atoms with Gasteiger partial charge in [-0.05, 0) is 50.1 Å². The summed E-state index contributed by atoms with van der Waals surface area (Å²) in [5.41, 5.74) is 3.16. The van der Waals surface area contributed by atoms with Crippen LogP contribution >= 0.6 is 11.3 Å². The number of piperidine rings is 1. The highest BCUT2D eigenvalue weighted by Gasteiger charge is 2.25. The molecule has 1 aliphatic heterocycles. The van der Waals surface area contributed by atoms with E-state index in [1.54, 1.807) is 23.2 Å². The molecule has 0 saturated carbocycles. The molecule has 0 aliphatic carbocycles. The third kappa shape index (κ3) is 4.33. The fourth-order valence-corrected chi connectivity index (χ4v) is 4.89. The Morgan fingerprint density at radius 1 is 1.21 bits per heavy atom. The molecule has 1 aliphatic rings.